The van der Waals surface area contributed by atoms with E-state index in [1.54, 1.807) is 69.6 Å². The number of hydrogen-bond acceptors (Lipinski definition) is 24. The number of hydrogen-bond donors (Lipinski definition) is 2. The summed E-state index contributed by atoms with van der Waals surface area (Å²) in [5.41, 5.74) is -1.47. The molecule has 2 saturated heterocycles. The second-order valence-corrected chi connectivity index (χ2v) is 44.3. The molecule has 0 spiro atoms. The molecule has 28 nitrogen and oxygen atoms in total. The summed E-state index contributed by atoms with van der Waals surface area (Å²) >= 11 is 0. The van der Waals surface area contributed by atoms with E-state index in [-0.39, 0.29) is 122 Å². The summed E-state index contributed by atoms with van der Waals surface area (Å²) in [6.45, 7) is 23.9. The molecule has 14 atom stereocenters. The summed E-state index contributed by atoms with van der Waals surface area (Å²) < 4.78 is 116. The molecule has 6 aliphatic heterocycles. The number of nitrogens with zero attached hydrogens (tertiary/aromatic N) is 4. The first kappa shape index (κ1) is 92.4. The van der Waals surface area contributed by atoms with Crippen LogP contribution >= 0.6 is 0 Å². The van der Waals surface area contributed by atoms with Crippen molar-refractivity contribution in [1.82, 2.24) is 29.2 Å². The number of amides is 4. The lowest BCUT2D eigenvalue weighted by Crippen LogP contribution is -2.48. The molecule has 2 aromatic heterocycles. The van der Waals surface area contributed by atoms with E-state index in [0.29, 0.717) is 147 Å². The Morgan fingerprint density at radius 2 is 0.875 bits per heavy atom. The van der Waals surface area contributed by atoms with Crippen molar-refractivity contribution in [2.45, 2.75) is 244 Å². The van der Waals surface area contributed by atoms with E-state index in [0.717, 1.165) is 34.7 Å². The minimum absolute atomic E-state index is 0.00513. The Morgan fingerprint density at radius 3 is 1.23 bits per heavy atom. The summed E-state index contributed by atoms with van der Waals surface area (Å²) in [6.07, 6.45) is 12.4. The van der Waals surface area contributed by atoms with E-state index in [1.807, 2.05) is 123 Å². The van der Waals surface area contributed by atoms with Crippen LogP contribution in [0, 0.1) is 58.2 Å². The van der Waals surface area contributed by atoms with Crippen LogP contribution in [0.4, 0.5) is 0 Å². The van der Waals surface area contributed by atoms with Crippen LogP contribution in [0.3, 0.4) is 0 Å². The molecule has 688 valence electrons. The van der Waals surface area contributed by atoms with Crippen molar-refractivity contribution in [3.63, 3.8) is 0 Å². The molecule has 2 N–H and O–H groups in total. The first-order chi connectivity index (χ1) is 60.6. The van der Waals surface area contributed by atoms with Crippen molar-refractivity contribution >= 4 is 88.7 Å². The third kappa shape index (κ3) is 20.3. The van der Waals surface area contributed by atoms with Crippen molar-refractivity contribution < 1.29 is 103 Å². The normalized spacial score (nSPS) is 28.5. The third-order valence-electron chi connectivity index (χ3n) is 27.4. The Bertz CT molecular complexity index is 5290. The van der Waals surface area contributed by atoms with Gasteiger partial charge in [-0.25, -0.2) is 26.8 Å². The number of aromatic nitrogens is 2. The number of ether oxygens (including phenoxy) is 10. The van der Waals surface area contributed by atoms with Gasteiger partial charge in [0, 0.05) is 47.6 Å². The van der Waals surface area contributed by atoms with Crippen LogP contribution < -0.4 is 47.3 Å². The number of allylic oxidation sites excluding steroid dienone is 4. The Labute approximate surface area is 749 Å². The fourth-order valence-electron chi connectivity index (χ4n) is 19.2. The Morgan fingerprint density at radius 1 is 0.500 bits per heavy atom. The van der Waals surface area contributed by atoms with Crippen LogP contribution in [0.15, 0.2) is 109 Å². The number of ketones is 2. The topological polar surface area (TPSA) is 353 Å². The van der Waals surface area contributed by atoms with E-state index in [2.05, 4.69) is 23.3 Å². The van der Waals surface area contributed by atoms with Gasteiger partial charge in [0.15, 0.2) is 34.6 Å². The van der Waals surface area contributed by atoms with E-state index in [9.17, 15) is 45.6 Å². The number of rotatable bonds is 18. The zero-order chi connectivity index (χ0) is 91.5. The van der Waals surface area contributed by atoms with Crippen molar-refractivity contribution in [2.75, 3.05) is 53.7 Å². The van der Waals surface area contributed by atoms with Gasteiger partial charge < -0.3 is 57.2 Å². The Kier molecular flexibility index (Phi) is 26.1. The first-order valence-corrected chi connectivity index (χ1v) is 48.2. The lowest BCUT2D eigenvalue weighted by atomic mass is 9.82. The average Bonchev–Trinajstić information content (AvgIpc) is 1.57. The second-order valence-electron chi connectivity index (χ2n) is 39.9. The van der Waals surface area contributed by atoms with Gasteiger partial charge >= 0.3 is 11.9 Å². The zero-order valence-corrected chi connectivity index (χ0v) is 77.5. The summed E-state index contributed by atoms with van der Waals surface area (Å²) in [6, 6.07) is 24.1. The van der Waals surface area contributed by atoms with Crippen molar-refractivity contribution in [1.29, 1.82) is 0 Å². The van der Waals surface area contributed by atoms with Crippen LogP contribution in [-0.4, -0.2) is 182 Å². The molecular weight excluding hydrogens is 1680 g/mol. The lowest BCUT2D eigenvalue weighted by Gasteiger charge is -2.32. The maximum atomic E-state index is 15.2. The molecular formula is C98H122N6O22S2. The lowest BCUT2D eigenvalue weighted by molar-refractivity contribution is -0.160. The monoisotopic (exact) mass is 1800 g/mol. The van der Waals surface area contributed by atoms with Gasteiger partial charge in [-0.15, -0.1) is 0 Å². The summed E-state index contributed by atoms with van der Waals surface area (Å²) in [5.74, 6) is -2.06. The second kappa shape index (κ2) is 36.2. The van der Waals surface area contributed by atoms with Gasteiger partial charge in [-0.1, -0.05) is 52.0 Å². The van der Waals surface area contributed by atoms with Gasteiger partial charge in [0.25, 0.3) is 0 Å². The van der Waals surface area contributed by atoms with E-state index < -0.39 is 111 Å². The minimum Gasteiger partial charge on any atom is -0.497 e. The molecule has 2 unspecified atom stereocenters. The molecule has 4 saturated carbocycles. The highest BCUT2D eigenvalue weighted by atomic mass is 32.2. The summed E-state index contributed by atoms with van der Waals surface area (Å²) in [4.78, 5) is 129. The highest BCUT2D eigenvalue weighted by Gasteiger charge is 2.65. The Hall–Kier alpha value is -10.4. The number of carbonyl (C=O) groups is 8. The molecule has 0 bridgehead atoms. The van der Waals surface area contributed by atoms with Gasteiger partial charge in [-0.05, 0) is 264 Å². The molecule has 16 rings (SSSR count). The highest BCUT2D eigenvalue weighted by molar-refractivity contribution is 7.92. The number of fused-ring (bicyclic) bond motifs is 8. The number of carbonyl (C=O) groups excluding carboxylic acids is 8. The third-order valence-corrected chi connectivity index (χ3v) is 31.8. The Balaban J connectivity index is 0.000000197. The maximum Gasteiger partial charge on any atom is 0.307 e. The first-order valence-electron chi connectivity index (χ1n) is 45.2. The number of Topliss-reactive ketones (excluding diaryl/α,β-unsaturated/α-hetero) is 2. The fourth-order valence-corrected chi connectivity index (χ4v) is 21.8. The SMILES string of the molecule is COc1ccc2c(OC3C[C@H]4C(=O)C[C@]5(C(=O)NS(=O)(=O)C6(C)CC6)C[C@H]5/C=C\CC[C@@H](C)C[C@@H](C)[C@H](CC(=O)OC(C)(C)C)C(=O)N4C3)nc(-c3ccc4c(c3)OCCO4)cc2c1.COc1ccc2c(OC3C[C@H]4C(=O)C[C@]5(C(=O)NS(=O)(=O)C6(C)CC6)C[C@H]5/C=C\CC[C@H](C)C[C@@H](C)[C@H](CC(=O)OC(C)(C)C)C(=O)N4C3)nc(-c3ccc4c(c3)OCCO4)cc2c1. The van der Waals surface area contributed by atoms with Crippen molar-refractivity contribution in [2.24, 2.45) is 58.2 Å². The summed E-state index contributed by atoms with van der Waals surface area (Å²) in [7, 11) is -4.79. The van der Waals surface area contributed by atoms with E-state index in [1.165, 1.54) is 9.80 Å². The van der Waals surface area contributed by atoms with Gasteiger partial charge in [-0.2, -0.15) is 0 Å². The van der Waals surface area contributed by atoms with Crippen molar-refractivity contribution in [3.05, 3.63) is 109 Å². The molecule has 128 heavy (non-hydrogen) atoms. The number of benzene rings is 4. The maximum absolute atomic E-state index is 15.2. The predicted octanol–water partition coefficient (Wildman–Crippen LogP) is 14.7. The van der Waals surface area contributed by atoms with Crippen molar-refractivity contribution in [3.8, 4) is 68.8 Å². The van der Waals surface area contributed by atoms with E-state index in [4.69, 9.17) is 57.3 Å². The minimum atomic E-state index is -3.99. The number of sulfonamides is 2. The van der Waals surface area contributed by atoms with Crippen LogP contribution in [-0.2, 0) is 67.9 Å². The standard InChI is InChI=1S/2C49H61N3O11S/c2*1-29-10-8-9-11-33-26-49(33,46(56)51-64(57,58)48(6)16-17-48)27-40(53)39-24-35(28-52(39)45(55)37(30(2)20-29)25-43(54)63-47(3,4)5)62-44-36-14-13-34(59-7)21-32(36)22-38(50-44)31-12-15-41-42(23-31)61-19-18-60-41/h2*9,11-15,21-23,29-30,33,35,37,39H,8,10,16-20,24-28H2,1-7H3,(H,51,56)/b2*11-9-/t29-,30+,33+,35?,37-,39-,49+;29-,30-,33-,35?,37+,39+,49-/m01/s1. The predicted molar refractivity (Wildman–Crippen MR) is 479 cm³/mol. The molecule has 4 aromatic carbocycles. The van der Waals surface area contributed by atoms with Gasteiger partial charge in [0.2, 0.25) is 55.4 Å². The largest absolute Gasteiger partial charge is 0.497 e. The van der Waals surface area contributed by atoms with Crippen LogP contribution in [0.25, 0.3) is 44.1 Å². The van der Waals surface area contributed by atoms with Crippen LogP contribution in [0.5, 0.6) is 46.3 Å². The molecule has 8 heterocycles. The number of pyridine rings is 2. The molecule has 0 radical (unpaired) electrons. The molecule has 30 heteroatoms. The average molecular weight is 1800 g/mol. The smallest absolute Gasteiger partial charge is 0.307 e. The molecule has 4 aliphatic carbocycles. The molecule has 6 fully saturated rings. The van der Waals surface area contributed by atoms with Gasteiger partial charge in [-0.3, -0.25) is 47.8 Å². The van der Waals surface area contributed by atoms with Crippen LogP contribution in [0.2, 0.25) is 0 Å². The number of esters is 2. The number of nitrogens with one attached hydrogen (secondary N) is 2. The fraction of sp³-hybridized carbons (Fsp3) is 0.571. The molecule has 10 aliphatic rings. The van der Waals surface area contributed by atoms with Gasteiger partial charge in [0.1, 0.15) is 61.3 Å². The number of methoxy groups -OCH3 is 2. The van der Waals surface area contributed by atoms with Gasteiger partial charge in [0.05, 0.1) is 95.8 Å². The van der Waals surface area contributed by atoms with E-state index >= 15 is 9.59 Å². The zero-order valence-electron chi connectivity index (χ0n) is 75.9. The molecule has 6 aromatic rings. The highest BCUT2D eigenvalue weighted by Crippen LogP contribution is 2.60. The summed E-state index contributed by atoms with van der Waals surface area (Å²) in [5, 5.41) is 2.93. The quantitative estimate of drug-likeness (QED) is 0.0596. The van der Waals surface area contributed by atoms with Crippen LogP contribution in [0.1, 0.15) is 199 Å². The molecule has 4 amide bonds.